The molecule has 0 rings (SSSR count). The van der Waals surface area contributed by atoms with E-state index < -0.39 is 12.1 Å². The molecule has 0 aliphatic carbocycles. The van der Waals surface area contributed by atoms with Crippen molar-refractivity contribution in [3.05, 3.63) is 48.6 Å². The molecule has 0 heterocycles. The lowest BCUT2D eigenvalue weighted by Crippen LogP contribution is -2.45. The minimum atomic E-state index is -0.845. The fraction of sp³-hybridized carbons (Fsp3) is 0.872. The number of hydrogen-bond acceptors (Lipinski definition) is 5. The molecule has 0 saturated carbocycles. The van der Waals surface area contributed by atoms with E-state index in [4.69, 9.17) is 4.74 Å². The van der Waals surface area contributed by atoms with Crippen molar-refractivity contribution in [1.29, 1.82) is 0 Å². The van der Waals surface area contributed by atoms with Gasteiger partial charge >= 0.3 is 5.97 Å². The topological polar surface area (TPSA) is 95.9 Å². The van der Waals surface area contributed by atoms with Gasteiger partial charge in [0.05, 0.1) is 25.4 Å². The zero-order valence-electron chi connectivity index (χ0n) is 56.6. The second-order valence-corrected chi connectivity index (χ2v) is 26.0. The van der Waals surface area contributed by atoms with Gasteiger partial charge in [-0.25, -0.2) is 0 Å². The molecule has 494 valence electrons. The predicted molar refractivity (Wildman–Crippen MR) is 370 cm³/mol. The maximum Gasteiger partial charge on any atom is 0.305 e. The van der Waals surface area contributed by atoms with Gasteiger partial charge in [-0.3, -0.25) is 9.59 Å². The van der Waals surface area contributed by atoms with Crippen LogP contribution in [0.3, 0.4) is 0 Å². The fourth-order valence-electron chi connectivity index (χ4n) is 11.8. The van der Waals surface area contributed by atoms with Crippen LogP contribution in [-0.2, 0) is 14.3 Å². The van der Waals surface area contributed by atoms with Gasteiger partial charge < -0.3 is 20.3 Å². The van der Waals surface area contributed by atoms with Crippen molar-refractivity contribution in [2.24, 2.45) is 0 Å². The highest BCUT2D eigenvalue weighted by atomic mass is 16.5. The molecule has 2 unspecified atom stereocenters. The van der Waals surface area contributed by atoms with Gasteiger partial charge in [0, 0.05) is 12.8 Å². The van der Waals surface area contributed by atoms with Crippen molar-refractivity contribution < 1.29 is 24.5 Å². The van der Waals surface area contributed by atoms with Crippen LogP contribution in [0.4, 0.5) is 0 Å². The lowest BCUT2D eigenvalue weighted by molar-refractivity contribution is -0.143. The Labute approximate surface area is 525 Å². The summed E-state index contributed by atoms with van der Waals surface area (Å²) in [5.74, 6) is -0.0590. The summed E-state index contributed by atoms with van der Waals surface area (Å²) in [6.07, 6.45) is 96.5. The highest BCUT2D eigenvalue weighted by molar-refractivity contribution is 5.76. The smallest absolute Gasteiger partial charge is 0.305 e. The second-order valence-electron chi connectivity index (χ2n) is 26.0. The maximum atomic E-state index is 12.5. The first-order valence-corrected chi connectivity index (χ1v) is 37.9. The van der Waals surface area contributed by atoms with Crippen molar-refractivity contribution in [1.82, 2.24) is 5.32 Å². The maximum absolute atomic E-state index is 12.5. The Morgan fingerprint density at radius 1 is 0.333 bits per heavy atom. The molecule has 1 amide bonds. The minimum Gasteiger partial charge on any atom is -0.466 e. The van der Waals surface area contributed by atoms with Crippen LogP contribution in [0.25, 0.3) is 0 Å². The number of esters is 1. The van der Waals surface area contributed by atoms with E-state index in [1.54, 1.807) is 6.08 Å². The number of unbranched alkanes of at least 4 members (excludes halogenated alkanes) is 54. The molecule has 6 nitrogen and oxygen atoms in total. The van der Waals surface area contributed by atoms with Crippen LogP contribution >= 0.6 is 0 Å². The summed E-state index contributed by atoms with van der Waals surface area (Å²) in [7, 11) is 0. The quantitative estimate of drug-likeness (QED) is 0.0320. The molecule has 0 aromatic carbocycles. The number of aliphatic hydroxyl groups is 2. The van der Waals surface area contributed by atoms with Crippen LogP contribution < -0.4 is 5.32 Å². The Balaban J connectivity index is 3.41. The first-order chi connectivity index (χ1) is 41.5. The van der Waals surface area contributed by atoms with E-state index in [1.165, 1.54) is 334 Å². The van der Waals surface area contributed by atoms with Gasteiger partial charge in [0.25, 0.3) is 0 Å². The molecule has 0 aliphatic rings. The van der Waals surface area contributed by atoms with Gasteiger partial charge in [0.1, 0.15) is 0 Å². The van der Waals surface area contributed by atoms with Crippen LogP contribution in [0.15, 0.2) is 48.6 Å². The molecular formula is C78H147NO5. The zero-order chi connectivity index (χ0) is 60.6. The van der Waals surface area contributed by atoms with E-state index in [2.05, 4.69) is 55.6 Å². The van der Waals surface area contributed by atoms with Crippen molar-refractivity contribution in [2.45, 2.75) is 424 Å². The van der Waals surface area contributed by atoms with Gasteiger partial charge in [-0.05, 0) is 83.5 Å². The summed E-state index contributed by atoms with van der Waals surface area (Å²) in [6.45, 7) is 4.90. The summed E-state index contributed by atoms with van der Waals surface area (Å²) < 4.78 is 5.46. The summed E-state index contributed by atoms with van der Waals surface area (Å²) in [5.41, 5.74) is 0. The number of aliphatic hydroxyl groups excluding tert-OH is 2. The summed E-state index contributed by atoms with van der Waals surface area (Å²) in [5, 5.41) is 23.3. The van der Waals surface area contributed by atoms with E-state index in [0.717, 1.165) is 51.4 Å². The van der Waals surface area contributed by atoms with Crippen molar-refractivity contribution >= 4 is 11.9 Å². The Bertz CT molecular complexity index is 1400. The molecule has 6 heteroatoms. The molecule has 0 spiro atoms. The number of ether oxygens (including phenoxy) is 1. The number of allylic oxidation sites excluding steroid dienone is 7. The van der Waals surface area contributed by atoms with Crippen molar-refractivity contribution in [2.75, 3.05) is 13.2 Å². The standard InChI is InChI=1S/C78H147NO5/c1-3-5-7-9-11-13-15-16-17-18-19-20-32-35-38-41-44-47-51-54-58-62-66-70-76(81)75(74-80)79-77(82)71-67-63-59-55-52-48-45-42-39-36-33-30-28-26-24-22-21-23-25-27-29-31-34-37-40-43-46-49-53-57-61-65-69-73-84-78(83)72-68-64-60-56-50-14-12-10-8-6-4-2/h10,12,25,27,31,34,66,70,75-76,80-81H,3-9,11,13-24,26,28-30,32-33,35-65,67-69,71-74H2,1-2H3,(H,79,82)/b12-10-,27-25-,34-31-,70-66+. The molecule has 3 N–H and O–H groups in total. The first-order valence-electron chi connectivity index (χ1n) is 37.9. The zero-order valence-corrected chi connectivity index (χ0v) is 56.6. The summed E-state index contributed by atoms with van der Waals surface area (Å²) in [4.78, 5) is 24.5. The molecule has 0 radical (unpaired) electrons. The number of hydrogen-bond donors (Lipinski definition) is 3. The molecule has 84 heavy (non-hydrogen) atoms. The SMILES string of the molecule is CCCC/C=C\CCCCCCCC(=O)OCCCCCCCCCCC/C=C\C/C=C\CCCCCCCCCCCCCCCCCCCC(=O)NC(CO)C(O)/C=C/CCCCCCCCCCCCCCCCCCCCCCC. The molecule has 2 atom stereocenters. The number of rotatable bonds is 71. The Hall–Kier alpha value is -2.18. The van der Waals surface area contributed by atoms with Crippen LogP contribution in [-0.4, -0.2) is 47.4 Å². The van der Waals surface area contributed by atoms with E-state index in [1.807, 2.05) is 6.08 Å². The monoisotopic (exact) mass is 1180 g/mol. The average Bonchev–Trinajstić information content (AvgIpc) is 3.51. The number of carbonyl (C=O) groups excluding carboxylic acids is 2. The van der Waals surface area contributed by atoms with E-state index in [9.17, 15) is 19.8 Å². The Morgan fingerprint density at radius 2 is 0.607 bits per heavy atom. The van der Waals surface area contributed by atoms with E-state index in [-0.39, 0.29) is 18.5 Å². The lowest BCUT2D eigenvalue weighted by Gasteiger charge is -2.20. The predicted octanol–water partition coefficient (Wildman–Crippen LogP) is 24.8. The number of nitrogens with one attached hydrogen (secondary N) is 1. The van der Waals surface area contributed by atoms with Gasteiger partial charge in [-0.2, -0.15) is 0 Å². The summed E-state index contributed by atoms with van der Waals surface area (Å²) in [6, 6.07) is -0.628. The first kappa shape index (κ1) is 81.8. The van der Waals surface area contributed by atoms with Crippen molar-refractivity contribution in [3.8, 4) is 0 Å². The Kier molecular flexibility index (Phi) is 71.4. The molecule has 0 saturated heterocycles. The summed E-state index contributed by atoms with van der Waals surface area (Å²) >= 11 is 0. The molecular weight excluding hydrogens is 1030 g/mol. The van der Waals surface area contributed by atoms with Crippen LogP contribution in [0, 0.1) is 0 Å². The average molecular weight is 1180 g/mol. The van der Waals surface area contributed by atoms with Crippen molar-refractivity contribution in [3.63, 3.8) is 0 Å². The van der Waals surface area contributed by atoms with Crippen LogP contribution in [0.5, 0.6) is 0 Å². The van der Waals surface area contributed by atoms with Gasteiger partial charge in [0.15, 0.2) is 0 Å². The normalized spacial score (nSPS) is 12.8. The molecule has 0 aliphatic heterocycles. The van der Waals surface area contributed by atoms with Crippen LogP contribution in [0.2, 0.25) is 0 Å². The van der Waals surface area contributed by atoms with Gasteiger partial charge in [0.2, 0.25) is 5.91 Å². The van der Waals surface area contributed by atoms with Gasteiger partial charge in [-0.1, -0.05) is 364 Å². The highest BCUT2D eigenvalue weighted by Crippen LogP contribution is 2.19. The second kappa shape index (κ2) is 73.3. The third-order valence-corrected chi connectivity index (χ3v) is 17.6. The highest BCUT2D eigenvalue weighted by Gasteiger charge is 2.18. The third-order valence-electron chi connectivity index (χ3n) is 17.6. The minimum absolute atomic E-state index is 0.00299. The fourth-order valence-corrected chi connectivity index (χ4v) is 11.8. The molecule has 0 bridgehead atoms. The van der Waals surface area contributed by atoms with Gasteiger partial charge in [-0.15, -0.1) is 0 Å². The molecule has 0 aromatic heterocycles. The number of carbonyl (C=O) groups is 2. The largest absolute Gasteiger partial charge is 0.466 e. The molecule has 0 aromatic rings. The van der Waals surface area contributed by atoms with Crippen LogP contribution in [0.1, 0.15) is 412 Å². The lowest BCUT2D eigenvalue weighted by atomic mass is 10.0. The third kappa shape index (κ3) is 68.9. The van der Waals surface area contributed by atoms with E-state index in [0.29, 0.717) is 19.4 Å². The number of amides is 1. The molecule has 0 fully saturated rings. The van der Waals surface area contributed by atoms with E-state index >= 15 is 0 Å². The Morgan fingerprint density at radius 3 is 0.952 bits per heavy atom.